The smallest absolute Gasteiger partial charge is 0.309 e. The lowest BCUT2D eigenvalue weighted by Crippen LogP contribution is -2.47. The van der Waals surface area contributed by atoms with Gasteiger partial charge in [0.25, 0.3) is 5.91 Å². The van der Waals surface area contributed by atoms with E-state index in [2.05, 4.69) is 0 Å². The fourth-order valence-corrected chi connectivity index (χ4v) is 5.99. The Bertz CT molecular complexity index is 997. The summed E-state index contributed by atoms with van der Waals surface area (Å²) in [7, 11) is -3.65. The van der Waals surface area contributed by atoms with Gasteiger partial charge in [0, 0.05) is 13.1 Å². The highest BCUT2D eigenvalue weighted by Gasteiger charge is 2.44. The average molecular weight is 480 g/mol. The fraction of sp³-hybridized carbons (Fsp3) is 0.591. The summed E-state index contributed by atoms with van der Waals surface area (Å²) >= 11 is 0. The van der Waals surface area contributed by atoms with Crippen LogP contribution in [0.2, 0.25) is 0 Å². The molecule has 1 aromatic rings. The molecule has 1 aromatic carbocycles. The number of anilines is 1. The van der Waals surface area contributed by atoms with Gasteiger partial charge in [0.2, 0.25) is 15.9 Å². The summed E-state index contributed by atoms with van der Waals surface area (Å²) in [5, 5.41) is 0. The number of hydrogen-bond acceptors (Lipinski definition) is 8. The quantitative estimate of drug-likeness (QED) is 0.431. The number of rotatable bonds is 6. The number of piperidine rings is 1. The number of amides is 2. The molecule has 180 valence electrons. The van der Waals surface area contributed by atoms with Crippen LogP contribution in [0, 0.1) is 5.92 Å². The van der Waals surface area contributed by atoms with Gasteiger partial charge in [0.15, 0.2) is 0 Å². The van der Waals surface area contributed by atoms with Gasteiger partial charge in [0.05, 0.1) is 48.8 Å². The van der Waals surface area contributed by atoms with Gasteiger partial charge in [-0.1, -0.05) is 0 Å². The summed E-state index contributed by atoms with van der Waals surface area (Å²) in [6, 6.07) is 5.28. The maximum absolute atomic E-state index is 13.1. The molecule has 0 unspecified atom stereocenters. The number of esters is 1. The highest BCUT2D eigenvalue weighted by molar-refractivity contribution is 7.89. The van der Waals surface area contributed by atoms with Crippen LogP contribution in [-0.4, -0.2) is 87.4 Å². The van der Waals surface area contributed by atoms with Crippen LogP contribution in [0.4, 0.5) is 5.69 Å². The van der Waals surface area contributed by atoms with Gasteiger partial charge < -0.3 is 9.47 Å². The number of morpholine rings is 1. The second kappa shape index (κ2) is 9.88. The maximum atomic E-state index is 13.1. The largest absolute Gasteiger partial charge is 0.466 e. The van der Waals surface area contributed by atoms with Crippen molar-refractivity contribution < 1.29 is 32.3 Å². The van der Waals surface area contributed by atoms with Crippen LogP contribution < -0.4 is 4.90 Å². The van der Waals surface area contributed by atoms with Crippen molar-refractivity contribution in [1.82, 2.24) is 9.21 Å². The van der Waals surface area contributed by atoms with Gasteiger partial charge >= 0.3 is 5.97 Å². The van der Waals surface area contributed by atoms with Crippen LogP contribution in [0.1, 0.15) is 26.2 Å². The van der Waals surface area contributed by atoms with Gasteiger partial charge in [0.1, 0.15) is 0 Å². The third-order valence-corrected chi connectivity index (χ3v) is 8.33. The monoisotopic (exact) mass is 479 g/mol. The van der Waals surface area contributed by atoms with E-state index in [1.54, 1.807) is 6.92 Å². The number of imide groups is 1. The van der Waals surface area contributed by atoms with Gasteiger partial charge in [-0.3, -0.25) is 19.3 Å². The summed E-state index contributed by atoms with van der Waals surface area (Å²) in [5.41, 5.74) is 0.356. The van der Waals surface area contributed by atoms with Crippen molar-refractivity contribution >= 4 is 33.5 Å². The number of carbonyl (C=O) groups is 3. The minimum Gasteiger partial charge on any atom is -0.466 e. The summed E-state index contributed by atoms with van der Waals surface area (Å²) < 4.78 is 37.3. The Labute approximate surface area is 193 Å². The number of nitrogens with zero attached hydrogens (tertiary/aromatic N) is 3. The molecular formula is C22H29N3O7S. The van der Waals surface area contributed by atoms with E-state index < -0.39 is 16.1 Å². The molecule has 3 fully saturated rings. The molecule has 10 nitrogen and oxygen atoms in total. The first-order chi connectivity index (χ1) is 15.8. The number of benzene rings is 1. The van der Waals surface area contributed by atoms with Crippen LogP contribution in [0.3, 0.4) is 0 Å². The topological polar surface area (TPSA) is 114 Å². The molecule has 4 rings (SSSR count). The minimum atomic E-state index is -3.65. The molecule has 3 aliphatic heterocycles. The van der Waals surface area contributed by atoms with E-state index in [0.717, 1.165) is 4.90 Å². The Balaban J connectivity index is 1.42. The predicted molar refractivity (Wildman–Crippen MR) is 118 cm³/mol. The number of likely N-dealkylation sites (tertiary alicyclic amines) is 1. The molecule has 0 aliphatic carbocycles. The van der Waals surface area contributed by atoms with E-state index in [1.165, 1.54) is 28.6 Å². The van der Waals surface area contributed by atoms with E-state index in [-0.39, 0.29) is 35.0 Å². The van der Waals surface area contributed by atoms with Gasteiger partial charge in [-0.05, 0) is 57.1 Å². The van der Waals surface area contributed by atoms with Crippen LogP contribution in [-0.2, 0) is 33.9 Å². The van der Waals surface area contributed by atoms with E-state index in [0.29, 0.717) is 64.5 Å². The average Bonchev–Trinajstić information content (AvgIpc) is 3.13. The van der Waals surface area contributed by atoms with Crippen molar-refractivity contribution in [2.24, 2.45) is 5.92 Å². The third-order valence-electron chi connectivity index (χ3n) is 6.42. The zero-order chi connectivity index (χ0) is 23.6. The third kappa shape index (κ3) is 4.81. The first kappa shape index (κ1) is 23.8. The lowest BCUT2D eigenvalue weighted by molar-refractivity contribution is -0.149. The van der Waals surface area contributed by atoms with Crippen molar-refractivity contribution in [2.75, 3.05) is 50.9 Å². The summed E-state index contributed by atoms with van der Waals surface area (Å²) in [4.78, 5) is 40.9. The molecule has 0 aromatic heterocycles. The Morgan fingerprint density at radius 3 is 2.30 bits per heavy atom. The summed E-state index contributed by atoms with van der Waals surface area (Å²) in [6.07, 6.45) is 1.24. The zero-order valence-electron chi connectivity index (χ0n) is 18.6. The molecule has 0 spiro atoms. The molecule has 11 heteroatoms. The van der Waals surface area contributed by atoms with Crippen LogP contribution in [0.15, 0.2) is 29.2 Å². The Kier molecular flexibility index (Phi) is 7.13. The number of ether oxygens (including phenoxy) is 2. The predicted octanol–water partition coefficient (Wildman–Crippen LogP) is 0.615. The Morgan fingerprint density at radius 2 is 1.70 bits per heavy atom. The second-order valence-electron chi connectivity index (χ2n) is 8.36. The highest BCUT2D eigenvalue weighted by Crippen LogP contribution is 2.30. The highest BCUT2D eigenvalue weighted by atomic mass is 32.2. The minimum absolute atomic E-state index is 0.0662. The summed E-state index contributed by atoms with van der Waals surface area (Å²) in [6.45, 7) is 4.49. The van der Waals surface area contributed by atoms with E-state index in [9.17, 15) is 22.8 Å². The molecular weight excluding hydrogens is 450 g/mol. The normalized spacial score (nSPS) is 23.8. The molecule has 0 N–H and O–H groups in total. The SMILES string of the molecule is CCOC(=O)C1CCN([C@@H]2CC(=O)N(c3ccc(S(=O)(=O)N4CCOCC4)cc3)C2=O)CC1. The Morgan fingerprint density at radius 1 is 1.06 bits per heavy atom. The second-order valence-corrected chi connectivity index (χ2v) is 10.3. The van der Waals surface area contributed by atoms with Crippen LogP contribution >= 0.6 is 0 Å². The lowest BCUT2D eigenvalue weighted by atomic mass is 9.95. The van der Waals surface area contributed by atoms with Crippen molar-refractivity contribution in [1.29, 1.82) is 0 Å². The number of carbonyl (C=O) groups excluding carboxylic acids is 3. The Hall–Kier alpha value is -2.34. The molecule has 3 heterocycles. The number of hydrogen-bond donors (Lipinski definition) is 0. The lowest BCUT2D eigenvalue weighted by Gasteiger charge is -2.33. The standard InChI is InChI=1S/C22H29N3O7S/c1-2-32-22(28)16-7-9-23(10-8-16)19-15-20(26)25(21(19)27)17-3-5-18(6-4-17)33(29,30)24-11-13-31-14-12-24/h3-6,16,19H,2,7-15H2,1H3/t19-/m1/s1. The van der Waals surface area contributed by atoms with Gasteiger partial charge in [-0.2, -0.15) is 4.31 Å². The maximum Gasteiger partial charge on any atom is 0.309 e. The van der Waals surface area contributed by atoms with Crippen molar-refractivity contribution in [3.05, 3.63) is 24.3 Å². The van der Waals surface area contributed by atoms with Crippen LogP contribution in [0.25, 0.3) is 0 Å². The van der Waals surface area contributed by atoms with Crippen LogP contribution in [0.5, 0.6) is 0 Å². The van der Waals surface area contributed by atoms with E-state index >= 15 is 0 Å². The fourth-order valence-electron chi connectivity index (χ4n) is 4.58. The van der Waals surface area contributed by atoms with E-state index in [4.69, 9.17) is 9.47 Å². The molecule has 0 radical (unpaired) electrons. The molecule has 0 bridgehead atoms. The van der Waals surface area contributed by atoms with Crippen molar-refractivity contribution in [3.8, 4) is 0 Å². The summed E-state index contributed by atoms with van der Waals surface area (Å²) in [5.74, 6) is -1.02. The number of sulfonamides is 1. The molecule has 3 aliphatic rings. The molecule has 2 amide bonds. The molecule has 3 saturated heterocycles. The van der Waals surface area contributed by atoms with Crippen molar-refractivity contribution in [2.45, 2.75) is 37.1 Å². The van der Waals surface area contributed by atoms with Gasteiger partial charge in [-0.25, -0.2) is 13.3 Å². The zero-order valence-corrected chi connectivity index (χ0v) is 19.5. The molecule has 33 heavy (non-hydrogen) atoms. The van der Waals surface area contributed by atoms with E-state index in [1.807, 2.05) is 4.90 Å². The molecule has 1 atom stereocenters. The molecule has 0 saturated carbocycles. The van der Waals surface area contributed by atoms with Gasteiger partial charge in [-0.15, -0.1) is 0 Å². The first-order valence-corrected chi connectivity index (χ1v) is 12.7. The first-order valence-electron chi connectivity index (χ1n) is 11.3. The van der Waals surface area contributed by atoms with Crippen molar-refractivity contribution in [3.63, 3.8) is 0 Å².